The third kappa shape index (κ3) is 6.79. The molecule has 0 bridgehead atoms. The molecule has 2 aromatic carbocycles. The van der Waals surface area contributed by atoms with Crippen molar-refractivity contribution < 1.29 is 27.5 Å². The van der Waals surface area contributed by atoms with Crippen molar-refractivity contribution in [3.63, 3.8) is 0 Å². The van der Waals surface area contributed by atoms with Crippen molar-refractivity contribution in [3.8, 4) is 11.1 Å². The molecule has 2 saturated heterocycles. The van der Waals surface area contributed by atoms with Crippen LogP contribution in [0.2, 0.25) is 5.02 Å². The summed E-state index contributed by atoms with van der Waals surface area (Å²) in [5.41, 5.74) is 1.73. The maximum absolute atomic E-state index is 13.9. The molecular formula is C31H35Cl2F4N5O2. The van der Waals surface area contributed by atoms with Gasteiger partial charge >= 0.3 is 12.1 Å². The largest absolute Gasteiger partial charge is 0.478 e. The fraction of sp³-hybridized carbons (Fsp3) is 0.484. The molecule has 6 rings (SSSR count). The second-order valence-electron chi connectivity index (χ2n) is 11.8. The maximum atomic E-state index is 13.9. The Hall–Kier alpha value is -3.02. The molecule has 3 heterocycles. The minimum Gasteiger partial charge on any atom is -0.478 e. The fourth-order valence-corrected chi connectivity index (χ4v) is 6.84. The van der Waals surface area contributed by atoms with E-state index in [1.165, 1.54) is 0 Å². The van der Waals surface area contributed by atoms with E-state index in [-0.39, 0.29) is 19.0 Å². The average molecular weight is 657 g/mol. The standard InChI is InChI=1S/C31H34ClF4N5O2.ClH/c32-22-5-8-26(21-3-6-24(7-4-21)39-12-10-38(11-13-39)18-20-14-23(33)15-20)28(16-22)40-9-1-2-25(19-40)41-29(31(34,35)36)27(17-37-41)30(42)43;/h3-8,16-17,20,23,25H,1-2,9-15,18-19H2,(H,42,43);1H. The van der Waals surface area contributed by atoms with Crippen LogP contribution in [0.25, 0.3) is 11.1 Å². The molecule has 44 heavy (non-hydrogen) atoms. The van der Waals surface area contributed by atoms with Crippen LogP contribution in [0.3, 0.4) is 0 Å². The van der Waals surface area contributed by atoms with Crippen LogP contribution in [0.4, 0.5) is 28.9 Å². The first-order valence-corrected chi connectivity index (χ1v) is 15.1. The van der Waals surface area contributed by atoms with Crippen molar-refractivity contribution in [1.82, 2.24) is 14.7 Å². The average Bonchev–Trinajstić information content (AvgIpc) is 3.44. The van der Waals surface area contributed by atoms with Crippen molar-refractivity contribution in [3.05, 3.63) is 64.9 Å². The molecule has 1 N–H and O–H groups in total. The van der Waals surface area contributed by atoms with E-state index in [9.17, 15) is 27.5 Å². The second-order valence-corrected chi connectivity index (χ2v) is 12.3. The highest BCUT2D eigenvalue weighted by atomic mass is 35.5. The van der Waals surface area contributed by atoms with E-state index in [1.807, 2.05) is 17.0 Å². The summed E-state index contributed by atoms with van der Waals surface area (Å²) in [7, 11) is 0. The van der Waals surface area contributed by atoms with Gasteiger partial charge in [-0.15, -0.1) is 12.4 Å². The Bertz CT molecular complexity index is 1450. The summed E-state index contributed by atoms with van der Waals surface area (Å²) in [5.74, 6) is -1.17. The van der Waals surface area contributed by atoms with Crippen LogP contribution < -0.4 is 9.80 Å². The number of aromatic nitrogens is 2. The number of aromatic carboxylic acids is 1. The molecule has 1 aliphatic carbocycles. The van der Waals surface area contributed by atoms with Gasteiger partial charge in [0.15, 0.2) is 5.69 Å². The number of halogens is 6. The summed E-state index contributed by atoms with van der Waals surface area (Å²) in [6.07, 6.45) is -2.26. The minimum absolute atomic E-state index is 0. The lowest BCUT2D eigenvalue weighted by Crippen LogP contribution is -2.49. The van der Waals surface area contributed by atoms with Crippen LogP contribution >= 0.6 is 24.0 Å². The first-order chi connectivity index (χ1) is 20.6. The lowest BCUT2D eigenvalue weighted by molar-refractivity contribution is -0.145. The normalized spacial score (nSPS) is 22.8. The number of alkyl halides is 4. The number of carboxylic acid groups (broad SMARTS) is 1. The van der Waals surface area contributed by atoms with Gasteiger partial charge in [0.1, 0.15) is 11.7 Å². The number of hydrogen-bond donors (Lipinski definition) is 1. The van der Waals surface area contributed by atoms with Crippen molar-refractivity contribution in [2.45, 2.75) is 44.1 Å². The molecule has 1 saturated carbocycles. The van der Waals surface area contributed by atoms with E-state index in [0.717, 1.165) is 66.1 Å². The molecule has 1 unspecified atom stereocenters. The van der Waals surface area contributed by atoms with E-state index < -0.39 is 35.6 Å². The van der Waals surface area contributed by atoms with Gasteiger partial charge in [0.2, 0.25) is 0 Å². The molecule has 0 spiro atoms. The predicted octanol–water partition coefficient (Wildman–Crippen LogP) is 7.05. The number of carbonyl (C=O) groups is 1. The quantitative estimate of drug-likeness (QED) is 0.275. The van der Waals surface area contributed by atoms with Gasteiger partial charge in [-0.2, -0.15) is 18.3 Å². The van der Waals surface area contributed by atoms with Gasteiger partial charge in [-0.25, -0.2) is 9.18 Å². The molecule has 3 fully saturated rings. The monoisotopic (exact) mass is 655 g/mol. The highest BCUT2D eigenvalue weighted by Crippen LogP contribution is 2.40. The number of anilines is 2. The Morgan fingerprint density at radius 1 is 1.00 bits per heavy atom. The summed E-state index contributed by atoms with van der Waals surface area (Å²) < 4.78 is 55.7. The molecule has 0 radical (unpaired) electrons. The number of carboxylic acids is 1. The minimum atomic E-state index is -4.85. The third-order valence-corrected chi connectivity index (χ3v) is 9.18. The fourth-order valence-electron chi connectivity index (χ4n) is 6.67. The molecule has 2 aliphatic heterocycles. The van der Waals surface area contributed by atoms with Crippen LogP contribution in [0, 0.1) is 5.92 Å². The summed E-state index contributed by atoms with van der Waals surface area (Å²) >= 11 is 6.40. The van der Waals surface area contributed by atoms with Crippen LogP contribution in [-0.2, 0) is 6.18 Å². The van der Waals surface area contributed by atoms with Crippen LogP contribution in [0.15, 0.2) is 48.7 Å². The highest BCUT2D eigenvalue weighted by molar-refractivity contribution is 6.31. The maximum Gasteiger partial charge on any atom is 0.433 e. The topological polar surface area (TPSA) is 64.8 Å². The number of benzene rings is 2. The van der Waals surface area contributed by atoms with E-state index in [4.69, 9.17) is 11.6 Å². The Morgan fingerprint density at radius 3 is 2.34 bits per heavy atom. The van der Waals surface area contributed by atoms with E-state index in [0.29, 0.717) is 43.2 Å². The van der Waals surface area contributed by atoms with Crippen molar-refractivity contribution in [2.75, 3.05) is 55.6 Å². The van der Waals surface area contributed by atoms with Gasteiger partial charge in [0.25, 0.3) is 0 Å². The first kappa shape index (κ1) is 32.4. The number of nitrogens with zero attached hydrogens (tertiary/aromatic N) is 5. The van der Waals surface area contributed by atoms with Gasteiger partial charge in [0.05, 0.1) is 12.2 Å². The summed E-state index contributed by atoms with van der Waals surface area (Å²) in [4.78, 5) is 18.3. The Balaban J connectivity index is 0.00000384. The molecule has 238 valence electrons. The zero-order valence-corrected chi connectivity index (χ0v) is 25.6. The van der Waals surface area contributed by atoms with Crippen LogP contribution in [0.5, 0.6) is 0 Å². The van der Waals surface area contributed by atoms with Crippen molar-refractivity contribution >= 4 is 41.4 Å². The number of hydrogen-bond acceptors (Lipinski definition) is 5. The smallest absolute Gasteiger partial charge is 0.433 e. The Morgan fingerprint density at radius 2 is 1.70 bits per heavy atom. The molecule has 3 aromatic rings. The van der Waals surface area contributed by atoms with Crippen LogP contribution in [-0.4, -0.2) is 77.7 Å². The predicted molar refractivity (Wildman–Crippen MR) is 165 cm³/mol. The zero-order valence-electron chi connectivity index (χ0n) is 24.0. The first-order valence-electron chi connectivity index (χ1n) is 14.7. The highest BCUT2D eigenvalue weighted by Gasteiger charge is 2.42. The Kier molecular flexibility index (Phi) is 9.67. The third-order valence-electron chi connectivity index (χ3n) is 8.95. The second kappa shape index (κ2) is 13.1. The van der Waals surface area contributed by atoms with E-state index in [2.05, 4.69) is 39.2 Å². The van der Waals surface area contributed by atoms with Crippen LogP contribution in [0.1, 0.15) is 47.8 Å². The van der Waals surface area contributed by atoms with Gasteiger partial charge in [0, 0.05) is 67.8 Å². The molecule has 1 atom stereocenters. The van der Waals surface area contributed by atoms with Gasteiger partial charge in [-0.05, 0) is 61.4 Å². The molecule has 1 aromatic heterocycles. The number of rotatable bonds is 7. The number of piperidine rings is 1. The van der Waals surface area contributed by atoms with E-state index in [1.54, 1.807) is 6.07 Å². The lowest BCUT2D eigenvalue weighted by Gasteiger charge is -2.40. The SMILES string of the molecule is Cl.O=C(O)c1cnn(C2CCCN(c3cc(Cl)ccc3-c3ccc(N4CCN(CC5CC(F)C5)CC4)cc3)C2)c1C(F)(F)F. The summed E-state index contributed by atoms with van der Waals surface area (Å²) in [6, 6.07) is 13.2. The van der Waals surface area contributed by atoms with Gasteiger partial charge < -0.3 is 14.9 Å². The van der Waals surface area contributed by atoms with Crippen molar-refractivity contribution in [1.29, 1.82) is 0 Å². The lowest BCUT2D eigenvalue weighted by atomic mass is 9.83. The summed E-state index contributed by atoms with van der Waals surface area (Å²) in [5, 5.41) is 13.7. The molecule has 3 aliphatic rings. The molecular weight excluding hydrogens is 621 g/mol. The van der Waals surface area contributed by atoms with Gasteiger partial charge in [-0.1, -0.05) is 29.8 Å². The van der Waals surface area contributed by atoms with E-state index >= 15 is 0 Å². The number of piperazine rings is 1. The molecule has 7 nitrogen and oxygen atoms in total. The van der Waals surface area contributed by atoms with Gasteiger partial charge in [-0.3, -0.25) is 9.58 Å². The summed E-state index contributed by atoms with van der Waals surface area (Å²) in [6.45, 7) is 5.54. The Labute approximate surface area is 264 Å². The van der Waals surface area contributed by atoms with Crippen molar-refractivity contribution in [2.24, 2.45) is 5.92 Å². The molecule has 13 heteroatoms. The molecule has 0 amide bonds. The zero-order chi connectivity index (χ0) is 30.3.